The lowest BCUT2D eigenvalue weighted by atomic mass is 10.0. The molecule has 2 unspecified atom stereocenters. The van der Waals surface area contributed by atoms with Gasteiger partial charge in [0, 0.05) is 5.56 Å². The summed E-state index contributed by atoms with van der Waals surface area (Å²) in [7, 11) is -3.90. The zero-order valence-electron chi connectivity index (χ0n) is 17.5. The van der Waals surface area contributed by atoms with E-state index >= 15 is 0 Å². The summed E-state index contributed by atoms with van der Waals surface area (Å²) in [4.78, 5) is 25.4. The van der Waals surface area contributed by atoms with Crippen LogP contribution in [0.4, 0.5) is 0 Å². The lowest BCUT2D eigenvalue weighted by molar-refractivity contribution is -0.148. The lowest BCUT2D eigenvalue weighted by Crippen LogP contribution is -2.44. The topological polar surface area (TPSA) is 89.5 Å². The number of aryl methyl sites for hydroxylation is 2. The molecule has 0 amide bonds. The third-order valence-electron chi connectivity index (χ3n) is 4.70. The van der Waals surface area contributed by atoms with Crippen LogP contribution in [0.25, 0.3) is 0 Å². The number of carbonyl (C=O) groups excluding carboxylic acids is 2. The summed E-state index contributed by atoms with van der Waals surface area (Å²) in [5, 5.41) is 0. The van der Waals surface area contributed by atoms with Crippen LogP contribution in [-0.2, 0) is 19.6 Å². The van der Waals surface area contributed by atoms with Gasteiger partial charge in [0.1, 0.15) is 6.04 Å². The van der Waals surface area contributed by atoms with Crippen molar-refractivity contribution in [2.24, 2.45) is 0 Å². The summed E-state index contributed by atoms with van der Waals surface area (Å²) < 4.78 is 33.0. The van der Waals surface area contributed by atoms with Crippen molar-refractivity contribution in [3.8, 4) is 0 Å². The fraction of sp³-hybridized carbons (Fsp3) is 0.364. The largest absolute Gasteiger partial charge is 0.453 e. The van der Waals surface area contributed by atoms with E-state index in [9.17, 15) is 18.0 Å². The summed E-state index contributed by atoms with van der Waals surface area (Å²) >= 11 is 1.48. The average molecular weight is 450 g/mol. The Hall–Kier alpha value is -2.16. The first kappa shape index (κ1) is 24.1. The van der Waals surface area contributed by atoms with Crippen LogP contribution >= 0.6 is 11.8 Å². The van der Waals surface area contributed by atoms with Crippen LogP contribution in [-0.4, -0.2) is 44.3 Å². The molecule has 0 aliphatic heterocycles. The number of sulfonamides is 1. The Bertz CT molecular complexity index is 990. The van der Waals surface area contributed by atoms with Crippen LogP contribution in [0.15, 0.2) is 53.4 Å². The molecule has 6 nitrogen and oxygen atoms in total. The van der Waals surface area contributed by atoms with Gasteiger partial charge in [-0.2, -0.15) is 16.5 Å². The highest BCUT2D eigenvalue weighted by Crippen LogP contribution is 2.15. The van der Waals surface area contributed by atoms with Crippen LogP contribution in [0.5, 0.6) is 0 Å². The van der Waals surface area contributed by atoms with E-state index in [4.69, 9.17) is 4.74 Å². The van der Waals surface area contributed by atoms with E-state index in [1.165, 1.54) is 30.8 Å². The maximum Gasteiger partial charge on any atom is 0.324 e. The highest BCUT2D eigenvalue weighted by atomic mass is 32.2. The number of ketones is 1. The van der Waals surface area contributed by atoms with Gasteiger partial charge >= 0.3 is 5.97 Å². The molecule has 0 aliphatic rings. The quantitative estimate of drug-likeness (QED) is 0.441. The smallest absolute Gasteiger partial charge is 0.324 e. The summed E-state index contributed by atoms with van der Waals surface area (Å²) in [6.07, 6.45) is 1.08. The fourth-order valence-electron chi connectivity index (χ4n) is 2.75. The number of nitrogens with one attached hydrogen (secondary N) is 1. The molecular formula is C22H27NO5S2. The number of ether oxygens (including phenoxy) is 1. The number of rotatable bonds is 10. The van der Waals surface area contributed by atoms with Crippen molar-refractivity contribution in [3.05, 3.63) is 65.2 Å². The van der Waals surface area contributed by atoms with Crippen molar-refractivity contribution in [3.63, 3.8) is 0 Å². The van der Waals surface area contributed by atoms with Crippen molar-refractivity contribution in [2.75, 3.05) is 12.0 Å². The van der Waals surface area contributed by atoms with Crippen LogP contribution in [0.3, 0.4) is 0 Å². The molecule has 30 heavy (non-hydrogen) atoms. The summed E-state index contributed by atoms with van der Waals surface area (Å²) in [5.41, 5.74) is 2.47. The fourth-order valence-corrected chi connectivity index (χ4v) is 4.47. The molecule has 0 fully saturated rings. The van der Waals surface area contributed by atoms with E-state index in [2.05, 4.69) is 4.72 Å². The van der Waals surface area contributed by atoms with Crippen molar-refractivity contribution in [2.45, 2.75) is 44.2 Å². The van der Waals surface area contributed by atoms with Gasteiger partial charge in [-0.15, -0.1) is 0 Å². The minimum absolute atomic E-state index is 0.0613. The van der Waals surface area contributed by atoms with Gasteiger partial charge in [0.2, 0.25) is 15.8 Å². The highest BCUT2D eigenvalue weighted by Gasteiger charge is 2.29. The van der Waals surface area contributed by atoms with Crippen LogP contribution < -0.4 is 4.72 Å². The number of esters is 1. The molecule has 0 saturated heterocycles. The molecule has 1 N–H and O–H groups in total. The number of thioether (sulfide) groups is 1. The van der Waals surface area contributed by atoms with E-state index in [0.717, 1.165) is 11.1 Å². The van der Waals surface area contributed by atoms with Crippen molar-refractivity contribution in [1.82, 2.24) is 4.72 Å². The summed E-state index contributed by atoms with van der Waals surface area (Å²) in [6, 6.07) is 12.0. The second-order valence-electron chi connectivity index (χ2n) is 7.01. The van der Waals surface area contributed by atoms with Crippen molar-refractivity contribution >= 4 is 33.5 Å². The molecule has 2 atom stereocenters. The SMILES string of the molecule is CSCCC(NS(=O)(=O)c1ccccc1)C(=O)OC(C)C(=O)c1ccc(C)c(C)c1. The molecule has 0 aliphatic carbocycles. The predicted octanol–water partition coefficient (Wildman–Crippen LogP) is 3.52. The molecule has 2 aromatic rings. The molecule has 0 spiro atoms. The Morgan fingerprint density at radius 2 is 1.73 bits per heavy atom. The first-order chi connectivity index (χ1) is 14.2. The molecular weight excluding hydrogens is 422 g/mol. The molecule has 2 rings (SSSR count). The van der Waals surface area contributed by atoms with E-state index in [0.29, 0.717) is 11.3 Å². The minimum atomic E-state index is -3.90. The Kier molecular flexibility index (Phi) is 8.64. The van der Waals surface area contributed by atoms with E-state index in [1.54, 1.807) is 30.3 Å². The van der Waals surface area contributed by atoms with Gasteiger partial charge in [-0.25, -0.2) is 8.42 Å². The average Bonchev–Trinajstić information content (AvgIpc) is 2.73. The Balaban J connectivity index is 2.14. The van der Waals surface area contributed by atoms with Gasteiger partial charge in [-0.3, -0.25) is 9.59 Å². The van der Waals surface area contributed by atoms with Crippen molar-refractivity contribution < 1.29 is 22.7 Å². The van der Waals surface area contributed by atoms with Crippen molar-refractivity contribution in [1.29, 1.82) is 0 Å². The molecule has 2 aromatic carbocycles. The zero-order chi connectivity index (χ0) is 22.3. The maximum atomic E-state index is 12.7. The van der Waals surface area contributed by atoms with E-state index < -0.39 is 28.1 Å². The first-order valence-corrected chi connectivity index (χ1v) is 12.4. The third kappa shape index (κ3) is 6.42. The Morgan fingerprint density at radius 3 is 2.33 bits per heavy atom. The number of hydrogen-bond donors (Lipinski definition) is 1. The summed E-state index contributed by atoms with van der Waals surface area (Å²) in [6.45, 7) is 5.34. The normalized spacial score (nSPS) is 13.5. The van der Waals surface area contributed by atoms with Crippen LogP contribution in [0.2, 0.25) is 0 Å². The zero-order valence-corrected chi connectivity index (χ0v) is 19.2. The Labute approximate surface area is 182 Å². The minimum Gasteiger partial charge on any atom is -0.453 e. The molecule has 0 radical (unpaired) electrons. The number of benzene rings is 2. The van der Waals surface area contributed by atoms with E-state index in [1.807, 2.05) is 26.2 Å². The monoisotopic (exact) mass is 449 g/mol. The molecule has 0 saturated carbocycles. The summed E-state index contributed by atoms with van der Waals surface area (Å²) in [5.74, 6) is -0.550. The Morgan fingerprint density at radius 1 is 1.07 bits per heavy atom. The van der Waals surface area contributed by atoms with Gasteiger partial charge in [-0.05, 0) is 68.5 Å². The predicted molar refractivity (Wildman–Crippen MR) is 119 cm³/mol. The van der Waals surface area contributed by atoms with Gasteiger partial charge < -0.3 is 4.74 Å². The van der Waals surface area contributed by atoms with Crippen LogP contribution in [0.1, 0.15) is 34.8 Å². The molecule has 8 heteroatoms. The molecule has 0 heterocycles. The standard InChI is InChI=1S/C22H27NO5S2/c1-15-10-11-18(14-16(15)2)21(24)17(3)28-22(25)20(12-13-29-4)23-30(26,27)19-8-6-5-7-9-19/h5-11,14,17,20,23H,12-13H2,1-4H3. The van der Waals surface area contributed by atoms with E-state index in [-0.39, 0.29) is 17.1 Å². The van der Waals surface area contributed by atoms with Crippen LogP contribution in [0, 0.1) is 13.8 Å². The molecule has 162 valence electrons. The third-order valence-corrected chi connectivity index (χ3v) is 6.83. The number of Topliss-reactive ketones (excluding diaryl/α,β-unsaturated/α-hetero) is 1. The molecule has 0 bridgehead atoms. The van der Waals surface area contributed by atoms with Gasteiger partial charge in [0.15, 0.2) is 6.10 Å². The first-order valence-electron chi connectivity index (χ1n) is 9.54. The molecule has 0 aromatic heterocycles. The maximum absolute atomic E-state index is 12.7. The second kappa shape index (κ2) is 10.7. The van der Waals surface area contributed by atoms with Gasteiger partial charge in [-0.1, -0.05) is 30.3 Å². The van der Waals surface area contributed by atoms with Gasteiger partial charge in [0.25, 0.3) is 0 Å². The highest BCUT2D eigenvalue weighted by molar-refractivity contribution is 7.98. The second-order valence-corrected chi connectivity index (χ2v) is 9.71. The van der Waals surface area contributed by atoms with Gasteiger partial charge in [0.05, 0.1) is 4.90 Å². The number of carbonyl (C=O) groups is 2. The number of hydrogen-bond acceptors (Lipinski definition) is 6. The lowest BCUT2D eigenvalue weighted by Gasteiger charge is -2.20.